The topological polar surface area (TPSA) is 97.0 Å². The normalized spacial score (nSPS) is 13.1. The second-order valence-electron chi connectivity index (χ2n) is 7.43. The van der Waals surface area contributed by atoms with Crippen molar-refractivity contribution in [2.45, 2.75) is 40.2 Å². The molecule has 0 radical (unpaired) electrons. The maximum Gasteiger partial charge on any atom is 0.331 e. The van der Waals surface area contributed by atoms with E-state index >= 15 is 0 Å². The van der Waals surface area contributed by atoms with Crippen LogP contribution < -0.4 is 5.32 Å². The van der Waals surface area contributed by atoms with Gasteiger partial charge in [-0.1, -0.05) is 13.8 Å². The molecule has 2 rings (SSSR count). The minimum atomic E-state index is -1.04. The minimum Gasteiger partial charge on any atom is -0.452 e. The Morgan fingerprint density at radius 3 is 2.53 bits per heavy atom. The highest BCUT2D eigenvalue weighted by atomic mass is 19.1. The summed E-state index contributed by atoms with van der Waals surface area (Å²) in [6.45, 7) is 8.38. The Labute approximate surface area is 175 Å². The fraction of sp³-hybridized carbons (Fsp3) is 0.364. The number of ether oxygens (including phenoxy) is 1. The second kappa shape index (κ2) is 9.35. The van der Waals surface area contributed by atoms with Gasteiger partial charge >= 0.3 is 5.97 Å². The van der Waals surface area contributed by atoms with Crippen molar-refractivity contribution in [1.29, 1.82) is 5.26 Å². The Bertz CT molecular complexity index is 1000. The highest BCUT2D eigenvalue weighted by Gasteiger charge is 2.30. The molecule has 0 aliphatic heterocycles. The number of nitriles is 1. The summed E-state index contributed by atoms with van der Waals surface area (Å²) in [5, 5.41) is 16.2. The Hall–Kier alpha value is -3.47. The molecule has 2 aromatic rings. The number of aromatic nitrogens is 2. The van der Waals surface area contributed by atoms with Crippen LogP contribution in [-0.4, -0.2) is 33.8 Å². The molecule has 0 aliphatic carbocycles. The van der Waals surface area contributed by atoms with E-state index in [1.165, 1.54) is 18.2 Å². The summed E-state index contributed by atoms with van der Waals surface area (Å²) in [5.41, 5.74) is 1.82. The number of esters is 1. The number of amides is 1. The minimum absolute atomic E-state index is 0.106. The van der Waals surface area contributed by atoms with Crippen LogP contribution in [0.4, 0.5) is 4.39 Å². The molecule has 1 N–H and O–H groups in total. The van der Waals surface area contributed by atoms with Gasteiger partial charge < -0.3 is 10.1 Å². The summed E-state index contributed by atoms with van der Waals surface area (Å²) in [6.07, 6.45) is 2.77. The van der Waals surface area contributed by atoms with E-state index in [1.54, 1.807) is 36.7 Å². The van der Waals surface area contributed by atoms with Crippen LogP contribution in [-0.2, 0) is 14.3 Å². The van der Waals surface area contributed by atoms with E-state index in [2.05, 4.69) is 16.5 Å². The molecule has 0 bridgehead atoms. The van der Waals surface area contributed by atoms with Crippen LogP contribution in [0.5, 0.6) is 0 Å². The fourth-order valence-electron chi connectivity index (χ4n) is 2.69. The van der Waals surface area contributed by atoms with E-state index < -0.39 is 24.0 Å². The molecule has 0 fully saturated rings. The molecule has 1 atom stereocenters. The lowest BCUT2D eigenvalue weighted by Crippen LogP contribution is -2.50. The lowest BCUT2D eigenvalue weighted by molar-refractivity contribution is -0.144. The van der Waals surface area contributed by atoms with Gasteiger partial charge in [0, 0.05) is 17.3 Å². The standard InChI is InChI=1S/C22H25FN4O3/c1-14(2)22(5,13-24)25-20(28)12-30-21(29)11-10-19-15(3)26-27(16(19)4)18-8-6-17(23)7-9-18/h6-11,14H,12H2,1-5H3,(H,25,28)/b11-10+/t22-/m0/s1. The molecule has 0 unspecified atom stereocenters. The second-order valence-corrected chi connectivity index (χ2v) is 7.43. The zero-order chi connectivity index (χ0) is 22.5. The number of benzene rings is 1. The Kier molecular flexibility index (Phi) is 7.11. The van der Waals surface area contributed by atoms with Crippen LogP contribution in [0.25, 0.3) is 11.8 Å². The lowest BCUT2D eigenvalue weighted by atomic mass is 9.90. The third-order valence-corrected chi connectivity index (χ3v) is 4.94. The first kappa shape index (κ1) is 22.8. The number of nitrogens with one attached hydrogen (secondary N) is 1. The van der Waals surface area contributed by atoms with E-state index in [0.29, 0.717) is 11.4 Å². The van der Waals surface area contributed by atoms with Crippen LogP contribution >= 0.6 is 0 Å². The van der Waals surface area contributed by atoms with Crippen LogP contribution in [0.15, 0.2) is 30.3 Å². The summed E-state index contributed by atoms with van der Waals surface area (Å²) in [5.74, 6) is -1.69. The lowest BCUT2D eigenvalue weighted by Gasteiger charge is -2.27. The largest absolute Gasteiger partial charge is 0.452 e. The number of rotatable bonds is 7. The summed E-state index contributed by atoms with van der Waals surface area (Å²) in [6, 6.07) is 7.98. The molecule has 8 heteroatoms. The highest BCUT2D eigenvalue weighted by molar-refractivity contribution is 5.89. The van der Waals surface area contributed by atoms with Gasteiger partial charge in [-0.05, 0) is 57.0 Å². The molecule has 0 saturated carbocycles. The highest BCUT2D eigenvalue weighted by Crippen LogP contribution is 2.19. The van der Waals surface area contributed by atoms with Crippen molar-refractivity contribution in [1.82, 2.24) is 15.1 Å². The molecule has 7 nitrogen and oxygen atoms in total. The quantitative estimate of drug-likeness (QED) is 0.556. The molecule has 1 aromatic heterocycles. The number of nitrogens with zero attached hydrogens (tertiary/aromatic N) is 3. The van der Waals surface area contributed by atoms with Gasteiger partial charge in [-0.25, -0.2) is 13.9 Å². The summed E-state index contributed by atoms with van der Waals surface area (Å²) in [7, 11) is 0. The molecule has 1 heterocycles. The van der Waals surface area contributed by atoms with Crippen molar-refractivity contribution in [3.63, 3.8) is 0 Å². The average Bonchev–Trinajstić information content (AvgIpc) is 2.98. The van der Waals surface area contributed by atoms with Gasteiger partial charge in [0.2, 0.25) is 0 Å². The molecule has 0 aliphatic rings. The number of carbonyl (C=O) groups excluding carboxylic acids is 2. The number of hydrogen-bond acceptors (Lipinski definition) is 5. The zero-order valence-electron chi connectivity index (χ0n) is 17.7. The average molecular weight is 412 g/mol. The number of halogens is 1. The third-order valence-electron chi connectivity index (χ3n) is 4.94. The van der Waals surface area contributed by atoms with Gasteiger partial charge in [0.25, 0.3) is 5.91 Å². The Morgan fingerprint density at radius 2 is 1.97 bits per heavy atom. The fourth-order valence-corrected chi connectivity index (χ4v) is 2.69. The van der Waals surface area contributed by atoms with Crippen molar-refractivity contribution >= 4 is 18.0 Å². The van der Waals surface area contributed by atoms with E-state index in [9.17, 15) is 19.2 Å². The maximum atomic E-state index is 13.1. The van der Waals surface area contributed by atoms with Crippen molar-refractivity contribution < 1.29 is 18.7 Å². The smallest absolute Gasteiger partial charge is 0.331 e. The molecular formula is C22H25FN4O3. The van der Waals surface area contributed by atoms with Crippen molar-refractivity contribution in [2.24, 2.45) is 5.92 Å². The van der Waals surface area contributed by atoms with Crippen LogP contribution in [0.1, 0.15) is 37.7 Å². The SMILES string of the molecule is Cc1nn(-c2ccc(F)cc2)c(C)c1/C=C/C(=O)OCC(=O)N[C@@](C)(C#N)C(C)C. The summed E-state index contributed by atoms with van der Waals surface area (Å²) < 4.78 is 19.8. The van der Waals surface area contributed by atoms with E-state index in [-0.39, 0.29) is 11.7 Å². The molecule has 30 heavy (non-hydrogen) atoms. The first-order chi connectivity index (χ1) is 14.1. The monoisotopic (exact) mass is 412 g/mol. The number of carbonyl (C=O) groups is 2. The van der Waals surface area contributed by atoms with Crippen LogP contribution in [0, 0.1) is 36.9 Å². The summed E-state index contributed by atoms with van der Waals surface area (Å²) in [4.78, 5) is 24.0. The first-order valence-electron chi connectivity index (χ1n) is 9.46. The van der Waals surface area contributed by atoms with E-state index in [4.69, 9.17) is 4.74 Å². The molecule has 0 saturated heterocycles. The third kappa shape index (κ3) is 5.32. The Morgan fingerprint density at radius 1 is 1.33 bits per heavy atom. The summed E-state index contributed by atoms with van der Waals surface area (Å²) >= 11 is 0. The van der Waals surface area contributed by atoms with Crippen molar-refractivity contribution in [3.8, 4) is 11.8 Å². The van der Waals surface area contributed by atoms with Gasteiger partial charge in [-0.15, -0.1) is 0 Å². The predicted molar refractivity (Wildman–Crippen MR) is 110 cm³/mol. The number of hydrogen-bond donors (Lipinski definition) is 1. The van der Waals surface area contributed by atoms with E-state index in [1.807, 2.05) is 20.8 Å². The van der Waals surface area contributed by atoms with Gasteiger partial charge in [0.1, 0.15) is 11.4 Å². The van der Waals surface area contributed by atoms with Gasteiger partial charge in [0.15, 0.2) is 6.61 Å². The first-order valence-corrected chi connectivity index (χ1v) is 9.46. The van der Waals surface area contributed by atoms with Gasteiger partial charge in [-0.3, -0.25) is 4.79 Å². The predicted octanol–water partition coefficient (Wildman–Crippen LogP) is 3.24. The van der Waals surface area contributed by atoms with Gasteiger partial charge in [-0.2, -0.15) is 10.4 Å². The molecule has 158 valence electrons. The van der Waals surface area contributed by atoms with Crippen molar-refractivity contribution in [2.75, 3.05) is 6.61 Å². The van der Waals surface area contributed by atoms with Crippen LogP contribution in [0.2, 0.25) is 0 Å². The molecule has 1 aromatic carbocycles. The van der Waals surface area contributed by atoms with Gasteiger partial charge in [0.05, 0.1) is 17.5 Å². The molecule has 1 amide bonds. The van der Waals surface area contributed by atoms with E-state index in [0.717, 1.165) is 11.3 Å². The molecular weight excluding hydrogens is 387 g/mol. The van der Waals surface area contributed by atoms with Crippen molar-refractivity contribution in [3.05, 3.63) is 53.1 Å². The maximum absolute atomic E-state index is 13.1. The molecule has 0 spiro atoms. The number of aryl methyl sites for hydroxylation is 1. The Balaban J connectivity index is 2.03. The van der Waals surface area contributed by atoms with Crippen LogP contribution in [0.3, 0.4) is 0 Å². The zero-order valence-corrected chi connectivity index (χ0v) is 17.7.